The minimum absolute atomic E-state index is 0.358. The van der Waals surface area contributed by atoms with Crippen molar-refractivity contribution in [3.63, 3.8) is 0 Å². The lowest BCUT2D eigenvalue weighted by atomic mass is 10.1. The van der Waals surface area contributed by atoms with E-state index in [1.54, 1.807) is 25.1 Å². The lowest BCUT2D eigenvalue weighted by Crippen LogP contribution is -2.21. The van der Waals surface area contributed by atoms with E-state index < -0.39 is 11.4 Å². The molecule has 0 bridgehead atoms. The van der Waals surface area contributed by atoms with E-state index in [1.807, 2.05) is 0 Å². The van der Waals surface area contributed by atoms with E-state index >= 15 is 0 Å². The van der Waals surface area contributed by atoms with E-state index in [1.165, 1.54) is 6.07 Å². The van der Waals surface area contributed by atoms with Crippen molar-refractivity contribution in [2.75, 3.05) is 0 Å². The molecule has 0 saturated heterocycles. The predicted octanol–water partition coefficient (Wildman–Crippen LogP) is 2.64. The first kappa shape index (κ1) is 11.9. The molecule has 1 aliphatic rings. The van der Waals surface area contributed by atoms with Gasteiger partial charge < -0.3 is 10.1 Å². The van der Waals surface area contributed by atoms with Gasteiger partial charge in [-0.15, -0.1) is 0 Å². The standard InChI is InChI=1S/C14H13FN2O2/c1-8-11(9-4-2-3-5-10(9)15)17-12(16-8)14(6-7-14)13(18)19/h2-5H,6-7H2,1H3,(H,16,17)(H,18,19). The van der Waals surface area contributed by atoms with Gasteiger partial charge in [-0.1, -0.05) is 12.1 Å². The molecule has 1 saturated carbocycles. The molecule has 3 rings (SSSR count). The second-order valence-corrected chi connectivity index (χ2v) is 4.93. The third kappa shape index (κ3) is 1.73. The molecule has 1 aromatic heterocycles. The second-order valence-electron chi connectivity index (χ2n) is 4.93. The number of halogens is 1. The van der Waals surface area contributed by atoms with Gasteiger partial charge in [-0.25, -0.2) is 9.37 Å². The number of imidazole rings is 1. The minimum Gasteiger partial charge on any atom is -0.480 e. The highest BCUT2D eigenvalue weighted by atomic mass is 19.1. The van der Waals surface area contributed by atoms with E-state index in [9.17, 15) is 14.3 Å². The summed E-state index contributed by atoms with van der Waals surface area (Å²) in [7, 11) is 0. The van der Waals surface area contributed by atoms with Crippen molar-refractivity contribution in [3.05, 3.63) is 41.6 Å². The molecule has 1 aliphatic carbocycles. The van der Waals surface area contributed by atoms with Crippen LogP contribution in [0, 0.1) is 12.7 Å². The highest BCUT2D eigenvalue weighted by Gasteiger charge is 2.54. The Kier molecular flexibility index (Phi) is 2.45. The molecule has 2 N–H and O–H groups in total. The van der Waals surface area contributed by atoms with E-state index in [4.69, 9.17) is 0 Å². The fourth-order valence-electron chi connectivity index (χ4n) is 2.28. The van der Waals surface area contributed by atoms with Gasteiger partial charge in [0.1, 0.15) is 17.1 Å². The van der Waals surface area contributed by atoms with Gasteiger partial charge in [0, 0.05) is 11.3 Å². The van der Waals surface area contributed by atoms with Crippen LogP contribution in [0.2, 0.25) is 0 Å². The van der Waals surface area contributed by atoms with Crippen LogP contribution in [0.1, 0.15) is 24.4 Å². The summed E-state index contributed by atoms with van der Waals surface area (Å²) in [6.07, 6.45) is 1.15. The number of carboxylic acid groups (broad SMARTS) is 1. The second kappa shape index (κ2) is 3.91. The van der Waals surface area contributed by atoms with Crippen LogP contribution in [-0.4, -0.2) is 21.0 Å². The number of hydrogen-bond donors (Lipinski definition) is 2. The van der Waals surface area contributed by atoms with E-state index in [2.05, 4.69) is 9.97 Å². The lowest BCUT2D eigenvalue weighted by Gasteiger charge is -2.04. The molecule has 5 heteroatoms. The molecule has 0 aliphatic heterocycles. The summed E-state index contributed by atoms with van der Waals surface area (Å²) >= 11 is 0. The SMILES string of the molecule is Cc1[nH]c(C2(C(=O)O)CC2)nc1-c1ccccc1F. The Labute approximate surface area is 109 Å². The first-order chi connectivity index (χ1) is 9.04. The molecule has 1 heterocycles. The lowest BCUT2D eigenvalue weighted by molar-refractivity contribution is -0.140. The number of aryl methyl sites for hydroxylation is 1. The number of nitrogens with one attached hydrogen (secondary N) is 1. The number of carboxylic acids is 1. The maximum atomic E-state index is 13.8. The summed E-state index contributed by atoms with van der Waals surface area (Å²) in [5, 5.41) is 9.25. The zero-order valence-electron chi connectivity index (χ0n) is 10.4. The van der Waals surface area contributed by atoms with E-state index in [0.717, 1.165) is 0 Å². The van der Waals surface area contributed by atoms with Crippen molar-refractivity contribution in [3.8, 4) is 11.3 Å². The van der Waals surface area contributed by atoms with Crippen LogP contribution >= 0.6 is 0 Å². The largest absolute Gasteiger partial charge is 0.480 e. The molecule has 0 atom stereocenters. The molecule has 0 spiro atoms. The van der Waals surface area contributed by atoms with Gasteiger partial charge in [-0.05, 0) is 31.9 Å². The maximum absolute atomic E-state index is 13.8. The minimum atomic E-state index is -0.895. The van der Waals surface area contributed by atoms with Crippen molar-refractivity contribution in [1.29, 1.82) is 0 Å². The number of aromatic nitrogens is 2. The number of aromatic amines is 1. The Hall–Kier alpha value is -2.17. The van der Waals surface area contributed by atoms with Crippen LogP contribution in [-0.2, 0) is 10.2 Å². The molecule has 0 radical (unpaired) electrons. The number of benzene rings is 1. The molecular formula is C14H13FN2O2. The van der Waals surface area contributed by atoms with E-state index in [0.29, 0.717) is 35.6 Å². The zero-order chi connectivity index (χ0) is 13.6. The van der Waals surface area contributed by atoms with Crippen molar-refractivity contribution >= 4 is 5.97 Å². The fourth-order valence-corrected chi connectivity index (χ4v) is 2.28. The molecular weight excluding hydrogens is 247 g/mol. The number of H-pyrrole nitrogens is 1. The van der Waals surface area contributed by atoms with Crippen LogP contribution in [0.25, 0.3) is 11.3 Å². The topological polar surface area (TPSA) is 66.0 Å². The third-order valence-electron chi connectivity index (χ3n) is 3.63. The quantitative estimate of drug-likeness (QED) is 0.891. The zero-order valence-corrected chi connectivity index (χ0v) is 10.4. The van der Waals surface area contributed by atoms with Crippen molar-refractivity contribution < 1.29 is 14.3 Å². The number of hydrogen-bond acceptors (Lipinski definition) is 2. The summed E-state index contributed by atoms with van der Waals surface area (Å²) in [4.78, 5) is 18.6. The molecule has 0 amide bonds. The Morgan fingerprint density at radius 2 is 2.11 bits per heavy atom. The normalized spacial score (nSPS) is 16.3. The Morgan fingerprint density at radius 3 is 2.68 bits per heavy atom. The molecule has 1 fully saturated rings. The van der Waals surface area contributed by atoms with Crippen LogP contribution in [0.3, 0.4) is 0 Å². The van der Waals surface area contributed by atoms with Gasteiger partial charge in [0.05, 0.1) is 5.69 Å². The number of rotatable bonds is 3. The maximum Gasteiger partial charge on any atom is 0.317 e. The number of carbonyl (C=O) groups is 1. The van der Waals surface area contributed by atoms with Crippen molar-refractivity contribution in [1.82, 2.24) is 9.97 Å². The van der Waals surface area contributed by atoms with Gasteiger partial charge in [-0.2, -0.15) is 0 Å². The predicted molar refractivity (Wildman–Crippen MR) is 67.3 cm³/mol. The summed E-state index contributed by atoms with van der Waals surface area (Å²) < 4.78 is 13.8. The van der Waals surface area contributed by atoms with E-state index in [-0.39, 0.29) is 5.82 Å². The van der Waals surface area contributed by atoms with Crippen molar-refractivity contribution in [2.45, 2.75) is 25.2 Å². The number of aliphatic carboxylic acids is 1. The molecule has 2 aromatic rings. The summed E-state index contributed by atoms with van der Waals surface area (Å²) in [5.74, 6) is -0.805. The molecule has 98 valence electrons. The first-order valence-corrected chi connectivity index (χ1v) is 6.10. The van der Waals surface area contributed by atoms with Crippen LogP contribution < -0.4 is 0 Å². The van der Waals surface area contributed by atoms with Gasteiger partial charge in [0.25, 0.3) is 0 Å². The van der Waals surface area contributed by atoms with Gasteiger partial charge in [0.2, 0.25) is 0 Å². The molecule has 1 aromatic carbocycles. The van der Waals surface area contributed by atoms with Gasteiger partial charge >= 0.3 is 5.97 Å². The molecule has 4 nitrogen and oxygen atoms in total. The summed E-state index contributed by atoms with van der Waals surface area (Å²) in [5.41, 5.74) is 0.672. The Morgan fingerprint density at radius 1 is 1.42 bits per heavy atom. The average molecular weight is 260 g/mol. The third-order valence-corrected chi connectivity index (χ3v) is 3.63. The van der Waals surface area contributed by atoms with Gasteiger partial charge in [-0.3, -0.25) is 4.79 Å². The monoisotopic (exact) mass is 260 g/mol. The Balaban J connectivity index is 2.09. The number of nitrogens with zero attached hydrogens (tertiary/aromatic N) is 1. The Bertz CT molecular complexity index is 659. The highest BCUT2D eigenvalue weighted by molar-refractivity contribution is 5.84. The van der Waals surface area contributed by atoms with Crippen LogP contribution in [0.5, 0.6) is 0 Å². The smallest absolute Gasteiger partial charge is 0.317 e. The van der Waals surface area contributed by atoms with Crippen LogP contribution in [0.15, 0.2) is 24.3 Å². The summed E-state index contributed by atoms with van der Waals surface area (Å²) in [6.45, 7) is 1.77. The summed E-state index contributed by atoms with van der Waals surface area (Å²) in [6, 6.07) is 6.35. The first-order valence-electron chi connectivity index (χ1n) is 6.10. The fraction of sp³-hybridized carbons (Fsp3) is 0.286. The van der Waals surface area contributed by atoms with Gasteiger partial charge in [0.15, 0.2) is 0 Å². The highest BCUT2D eigenvalue weighted by Crippen LogP contribution is 2.47. The van der Waals surface area contributed by atoms with Crippen molar-refractivity contribution in [2.24, 2.45) is 0 Å². The molecule has 0 unspecified atom stereocenters. The average Bonchev–Trinajstić information content (AvgIpc) is 3.10. The molecule has 19 heavy (non-hydrogen) atoms. The van der Waals surface area contributed by atoms with Crippen LogP contribution in [0.4, 0.5) is 4.39 Å².